The fourth-order valence-corrected chi connectivity index (χ4v) is 4.92. The molecule has 0 aliphatic carbocycles. The summed E-state index contributed by atoms with van der Waals surface area (Å²) in [6, 6.07) is 8.43. The first kappa shape index (κ1) is 23.3. The Balaban J connectivity index is 1.27. The molecule has 1 amide bonds. The van der Waals surface area contributed by atoms with Crippen LogP contribution in [0.5, 0.6) is 0 Å². The number of benzene rings is 1. The number of piperidine rings is 1. The number of aliphatic hydroxyl groups is 1. The fraction of sp³-hybridized carbons (Fsp3) is 0.440. The minimum Gasteiger partial charge on any atom is -0.395 e. The smallest absolute Gasteiger partial charge is 0.246 e. The lowest BCUT2D eigenvalue weighted by Crippen LogP contribution is -2.47. The van der Waals surface area contributed by atoms with Crippen molar-refractivity contribution in [2.24, 2.45) is 0 Å². The molecule has 1 unspecified atom stereocenters. The molecule has 35 heavy (non-hydrogen) atoms. The average Bonchev–Trinajstić information content (AvgIpc) is 3.33. The van der Waals surface area contributed by atoms with Gasteiger partial charge >= 0.3 is 0 Å². The van der Waals surface area contributed by atoms with Gasteiger partial charge in [0.2, 0.25) is 11.9 Å². The van der Waals surface area contributed by atoms with Crippen molar-refractivity contribution in [1.82, 2.24) is 29.3 Å². The van der Waals surface area contributed by atoms with Crippen LogP contribution in [0.3, 0.4) is 0 Å². The molecule has 1 aromatic carbocycles. The van der Waals surface area contributed by atoms with Crippen molar-refractivity contribution in [1.29, 1.82) is 0 Å². The number of rotatable bonds is 7. The van der Waals surface area contributed by atoms with Gasteiger partial charge in [-0.3, -0.25) is 9.69 Å². The summed E-state index contributed by atoms with van der Waals surface area (Å²) in [7, 11) is 0. The molecule has 0 saturated carbocycles. The third kappa shape index (κ3) is 5.13. The number of likely N-dealkylation sites (tertiary alicyclic amines) is 1. The SMILES string of the molecule is C=CC(=O)N1CCCC(n2cnc3cnc(Nc4ccc(N5CCN(CCO)CC5)cc4)nc32)C1. The predicted octanol–water partition coefficient (Wildman–Crippen LogP) is 2.03. The molecule has 2 aliphatic heterocycles. The lowest BCUT2D eigenvalue weighted by atomic mass is 10.1. The summed E-state index contributed by atoms with van der Waals surface area (Å²) < 4.78 is 2.06. The maximum Gasteiger partial charge on any atom is 0.246 e. The van der Waals surface area contributed by atoms with Gasteiger partial charge in [0.1, 0.15) is 5.52 Å². The summed E-state index contributed by atoms with van der Waals surface area (Å²) in [5, 5.41) is 12.4. The lowest BCUT2D eigenvalue weighted by Gasteiger charge is -2.35. The van der Waals surface area contributed by atoms with E-state index in [1.54, 1.807) is 12.5 Å². The molecule has 184 valence electrons. The van der Waals surface area contributed by atoms with Crippen LogP contribution < -0.4 is 10.2 Å². The largest absolute Gasteiger partial charge is 0.395 e. The van der Waals surface area contributed by atoms with Crippen LogP contribution in [0.25, 0.3) is 11.2 Å². The first-order valence-electron chi connectivity index (χ1n) is 12.2. The van der Waals surface area contributed by atoms with Gasteiger partial charge in [0.25, 0.3) is 0 Å². The van der Waals surface area contributed by atoms with Crippen LogP contribution in [-0.2, 0) is 4.79 Å². The van der Waals surface area contributed by atoms with Crippen LogP contribution in [0.4, 0.5) is 17.3 Å². The molecule has 3 aromatic rings. The summed E-state index contributed by atoms with van der Waals surface area (Å²) in [4.78, 5) is 32.3. The van der Waals surface area contributed by atoms with E-state index < -0.39 is 0 Å². The molecule has 10 heteroatoms. The Morgan fingerprint density at radius 1 is 1.14 bits per heavy atom. The van der Waals surface area contributed by atoms with Gasteiger partial charge in [-0.15, -0.1) is 0 Å². The Bertz CT molecular complexity index is 1170. The van der Waals surface area contributed by atoms with E-state index in [-0.39, 0.29) is 18.6 Å². The summed E-state index contributed by atoms with van der Waals surface area (Å²) in [5.41, 5.74) is 3.60. The van der Waals surface area contributed by atoms with Crippen LogP contribution in [0.2, 0.25) is 0 Å². The molecule has 2 saturated heterocycles. The van der Waals surface area contributed by atoms with Gasteiger partial charge in [-0.1, -0.05) is 6.58 Å². The van der Waals surface area contributed by atoms with Crippen LogP contribution >= 0.6 is 0 Å². The molecule has 5 rings (SSSR count). The number of anilines is 3. The molecule has 4 heterocycles. The molecule has 2 N–H and O–H groups in total. The van der Waals surface area contributed by atoms with Crippen molar-refractivity contribution in [2.45, 2.75) is 18.9 Å². The van der Waals surface area contributed by atoms with Gasteiger partial charge in [0.05, 0.1) is 25.2 Å². The summed E-state index contributed by atoms with van der Waals surface area (Å²) in [6.07, 6.45) is 6.81. The van der Waals surface area contributed by atoms with Gasteiger partial charge in [-0.05, 0) is 43.2 Å². The van der Waals surface area contributed by atoms with Crippen LogP contribution in [0.1, 0.15) is 18.9 Å². The van der Waals surface area contributed by atoms with Gasteiger partial charge in [-0.25, -0.2) is 9.97 Å². The van der Waals surface area contributed by atoms with Gasteiger partial charge in [0.15, 0.2) is 5.65 Å². The standard InChI is InChI=1S/C25H32N8O2/c1-2-23(35)32-9-3-4-21(17-32)33-18-27-22-16-26-25(29-24(22)33)28-19-5-7-20(8-6-19)31-12-10-30(11-13-31)14-15-34/h2,5-8,16,18,21,34H,1,3-4,9-15,17H2,(H,26,28,29). The van der Waals surface area contributed by atoms with Crippen molar-refractivity contribution in [3.05, 3.63) is 49.4 Å². The number of amides is 1. The highest BCUT2D eigenvalue weighted by atomic mass is 16.3. The van der Waals surface area contributed by atoms with Crippen LogP contribution in [0.15, 0.2) is 49.4 Å². The molecule has 2 aromatic heterocycles. The zero-order valence-corrected chi connectivity index (χ0v) is 19.9. The minimum atomic E-state index is -0.0356. The predicted molar refractivity (Wildman–Crippen MR) is 136 cm³/mol. The Morgan fingerprint density at radius 3 is 2.69 bits per heavy atom. The van der Waals surface area contributed by atoms with Crippen molar-refractivity contribution in [2.75, 3.05) is 62.6 Å². The molecule has 0 radical (unpaired) electrons. The Labute approximate surface area is 204 Å². The van der Waals surface area contributed by atoms with Gasteiger partial charge in [0, 0.05) is 57.2 Å². The number of imidazole rings is 1. The number of hydrogen-bond donors (Lipinski definition) is 2. The maximum atomic E-state index is 12.1. The Hall–Kier alpha value is -3.50. The number of aromatic nitrogens is 4. The summed E-state index contributed by atoms with van der Waals surface area (Å²) >= 11 is 0. The number of fused-ring (bicyclic) bond motifs is 1. The minimum absolute atomic E-state index is 0.0356. The molecular formula is C25H32N8O2. The first-order chi connectivity index (χ1) is 17.1. The molecule has 0 spiro atoms. The van der Waals surface area contributed by atoms with E-state index in [4.69, 9.17) is 10.1 Å². The summed E-state index contributed by atoms with van der Waals surface area (Å²) in [6.45, 7) is 9.77. The van der Waals surface area contributed by atoms with E-state index in [0.717, 1.165) is 69.0 Å². The van der Waals surface area contributed by atoms with E-state index >= 15 is 0 Å². The number of carbonyl (C=O) groups is 1. The quantitative estimate of drug-likeness (QED) is 0.500. The average molecular weight is 477 g/mol. The highest BCUT2D eigenvalue weighted by Gasteiger charge is 2.25. The van der Waals surface area contributed by atoms with E-state index in [1.165, 1.54) is 11.8 Å². The molecular weight excluding hydrogens is 444 g/mol. The Morgan fingerprint density at radius 2 is 1.94 bits per heavy atom. The summed E-state index contributed by atoms with van der Waals surface area (Å²) in [5.74, 6) is 0.478. The first-order valence-corrected chi connectivity index (χ1v) is 12.2. The third-order valence-corrected chi connectivity index (χ3v) is 6.87. The zero-order valence-electron chi connectivity index (χ0n) is 19.9. The van der Waals surface area contributed by atoms with Crippen molar-refractivity contribution in [3.63, 3.8) is 0 Å². The third-order valence-electron chi connectivity index (χ3n) is 6.87. The number of β-amino-alcohol motifs (C(OH)–C–C–N with tert-alkyl or cyclic N) is 1. The number of nitrogens with zero attached hydrogens (tertiary/aromatic N) is 7. The molecule has 10 nitrogen and oxygen atoms in total. The van der Waals surface area contributed by atoms with Crippen LogP contribution in [-0.4, -0.2) is 92.8 Å². The van der Waals surface area contributed by atoms with Crippen molar-refractivity contribution >= 4 is 34.4 Å². The molecule has 0 bridgehead atoms. The number of aliphatic hydroxyl groups excluding tert-OH is 1. The topological polar surface area (TPSA) is 103 Å². The Kier molecular flexibility index (Phi) is 6.91. The van der Waals surface area contributed by atoms with Gasteiger partial charge in [-0.2, -0.15) is 4.98 Å². The zero-order chi connectivity index (χ0) is 24.2. The lowest BCUT2D eigenvalue weighted by molar-refractivity contribution is -0.127. The number of carbonyl (C=O) groups excluding carboxylic acids is 1. The highest BCUT2D eigenvalue weighted by molar-refractivity contribution is 5.87. The highest BCUT2D eigenvalue weighted by Crippen LogP contribution is 2.26. The second-order valence-electron chi connectivity index (χ2n) is 9.06. The fourth-order valence-electron chi connectivity index (χ4n) is 4.92. The number of hydrogen-bond acceptors (Lipinski definition) is 8. The normalized spacial score (nSPS) is 19.2. The van der Waals surface area contributed by atoms with Gasteiger partial charge < -0.3 is 24.8 Å². The van der Waals surface area contributed by atoms with E-state index in [1.807, 2.05) is 17.0 Å². The van der Waals surface area contributed by atoms with E-state index in [9.17, 15) is 4.79 Å². The monoisotopic (exact) mass is 476 g/mol. The molecule has 2 aliphatic rings. The van der Waals surface area contributed by atoms with E-state index in [0.29, 0.717) is 12.5 Å². The van der Waals surface area contributed by atoms with Crippen molar-refractivity contribution in [3.8, 4) is 0 Å². The number of piperazine rings is 1. The molecule has 1 atom stereocenters. The second-order valence-corrected chi connectivity index (χ2v) is 9.06. The number of nitrogens with one attached hydrogen (secondary N) is 1. The molecule has 2 fully saturated rings. The maximum absolute atomic E-state index is 12.1. The second kappa shape index (κ2) is 10.4. The van der Waals surface area contributed by atoms with E-state index in [2.05, 4.69) is 48.4 Å². The van der Waals surface area contributed by atoms with Crippen LogP contribution in [0, 0.1) is 0 Å². The van der Waals surface area contributed by atoms with Crippen molar-refractivity contribution < 1.29 is 9.90 Å².